The van der Waals surface area contributed by atoms with E-state index in [0.29, 0.717) is 23.0 Å². The van der Waals surface area contributed by atoms with Gasteiger partial charge in [-0.2, -0.15) is 0 Å². The molecule has 0 N–H and O–H groups in total. The number of aromatic nitrogens is 2. The number of aliphatic imine (C=N–C) groups is 1. The van der Waals surface area contributed by atoms with Crippen LogP contribution in [-0.4, -0.2) is 36.3 Å². The second-order valence-electron chi connectivity index (χ2n) is 7.42. The van der Waals surface area contributed by atoms with Crippen molar-refractivity contribution in [3.8, 4) is 22.8 Å². The smallest absolute Gasteiger partial charge is 0.267 e. The summed E-state index contributed by atoms with van der Waals surface area (Å²) in [6.45, 7) is 5.17. The Morgan fingerprint density at radius 1 is 1.06 bits per heavy atom. The monoisotopic (exact) mass is 453 g/mol. The Kier molecular flexibility index (Phi) is 8.06. The molecule has 0 radical (unpaired) electrons. The highest BCUT2D eigenvalue weighted by Crippen LogP contribution is 2.32. The molecule has 7 heteroatoms. The highest BCUT2D eigenvalue weighted by atomic mass is 35.5. The van der Waals surface area contributed by atoms with Crippen LogP contribution in [0.4, 0.5) is 0 Å². The lowest BCUT2D eigenvalue weighted by molar-refractivity contribution is 0.380. The zero-order valence-corrected chi connectivity index (χ0v) is 19.6. The summed E-state index contributed by atoms with van der Waals surface area (Å²) in [4.78, 5) is 17.6. The molecule has 0 aliphatic rings. The number of hydrogen-bond acceptors (Lipinski definition) is 5. The van der Waals surface area contributed by atoms with Crippen LogP contribution < -0.4 is 15.0 Å². The van der Waals surface area contributed by atoms with Crippen molar-refractivity contribution in [3.63, 3.8) is 0 Å². The summed E-state index contributed by atoms with van der Waals surface area (Å²) in [7, 11) is 3.16. The summed E-state index contributed by atoms with van der Waals surface area (Å²) in [5, 5.41) is 5.04. The van der Waals surface area contributed by atoms with Gasteiger partial charge in [-0.25, -0.2) is 4.68 Å². The van der Waals surface area contributed by atoms with Crippen LogP contribution in [-0.2, 0) is 6.54 Å². The highest BCUT2D eigenvalue weighted by Gasteiger charge is 2.17. The second kappa shape index (κ2) is 11.0. The average Bonchev–Trinajstić information content (AvgIpc) is 2.80. The molecule has 0 saturated carbocycles. The minimum absolute atomic E-state index is 0.233. The minimum Gasteiger partial charge on any atom is -0.497 e. The molecule has 0 saturated heterocycles. The van der Waals surface area contributed by atoms with Crippen LogP contribution in [0.1, 0.15) is 37.8 Å². The molecular formula is C25H28ClN3O3. The standard InChI is InChI=1S/C25H28ClN3O3/c1-5-6-13-27-17(2)21-12-9-19(26)14-22(21)23-15-24(30)29(28-25(23)32-4)16-18-7-10-20(31-3)11-8-18/h7-12,14-15H,5-6,13,16H2,1-4H3/b27-17-. The van der Waals surface area contributed by atoms with Crippen LogP contribution in [0.25, 0.3) is 11.1 Å². The molecule has 0 amide bonds. The van der Waals surface area contributed by atoms with Crippen molar-refractivity contribution in [2.45, 2.75) is 33.2 Å². The van der Waals surface area contributed by atoms with Gasteiger partial charge in [0.25, 0.3) is 5.56 Å². The molecule has 0 atom stereocenters. The molecule has 0 bridgehead atoms. The Hall–Kier alpha value is -3.12. The van der Waals surface area contributed by atoms with E-state index in [1.807, 2.05) is 49.4 Å². The quantitative estimate of drug-likeness (QED) is 0.328. The molecule has 0 aliphatic carbocycles. The third kappa shape index (κ3) is 5.56. The summed E-state index contributed by atoms with van der Waals surface area (Å²) in [5.74, 6) is 1.11. The number of benzene rings is 2. The van der Waals surface area contributed by atoms with E-state index in [1.54, 1.807) is 20.3 Å². The third-order valence-electron chi connectivity index (χ3n) is 5.17. The van der Waals surface area contributed by atoms with Crippen molar-refractivity contribution >= 4 is 17.3 Å². The number of ether oxygens (including phenoxy) is 2. The minimum atomic E-state index is -0.233. The fourth-order valence-corrected chi connectivity index (χ4v) is 3.55. The van der Waals surface area contributed by atoms with Crippen LogP contribution in [0.2, 0.25) is 5.02 Å². The summed E-state index contributed by atoms with van der Waals surface area (Å²) < 4.78 is 12.1. The van der Waals surface area contributed by atoms with Crippen molar-refractivity contribution in [2.24, 2.45) is 4.99 Å². The number of rotatable bonds is 9. The van der Waals surface area contributed by atoms with Crippen LogP contribution in [0.15, 0.2) is 58.3 Å². The van der Waals surface area contributed by atoms with Gasteiger partial charge in [-0.15, -0.1) is 5.10 Å². The molecule has 168 valence electrons. The average molecular weight is 454 g/mol. The number of halogens is 1. The molecule has 0 fully saturated rings. The Morgan fingerprint density at radius 3 is 2.47 bits per heavy atom. The fraction of sp³-hybridized carbons (Fsp3) is 0.320. The molecule has 2 aromatic carbocycles. The molecule has 1 heterocycles. The van der Waals surface area contributed by atoms with Gasteiger partial charge in [0.05, 0.1) is 26.3 Å². The maximum Gasteiger partial charge on any atom is 0.267 e. The van der Waals surface area contributed by atoms with E-state index < -0.39 is 0 Å². The van der Waals surface area contributed by atoms with Gasteiger partial charge in [-0.05, 0) is 48.7 Å². The maximum absolute atomic E-state index is 12.9. The molecule has 1 aromatic heterocycles. The third-order valence-corrected chi connectivity index (χ3v) is 5.41. The van der Waals surface area contributed by atoms with E-state index >= 15 is 0 Å². The van der Waals surface area contributed by atoms with Crippen molar-refractivity contribution < 1.29 is 9.47 Å². The topological polar surface area (TPSA) is 65.7 Å². The molecule has 32 heavy (non-hydrogen) atoms. The second-order valence-corrected chi connectivity index (χ2v) is 7.86. The van der Waals surface area contributed by atoms with Gasteiger partial charge >= 0.3 is 0 Å². The van der Waals surface area contributed by atoms with Gasteiger partial charge in [0.1, 0.15) is 5.75 Å². The normalized spacial score (nSPS) is 11.5. The number of methoxy groups -OCH3 is 2. The van der Waals surface area contributed by atoms with Crippen LogP contribution in [0.3, 0.4) is 0 Å². The number of hydrogen-bond donors (Lipinski definition) is 0. The summed E-state index contributed by atoms with van der Waals surface area (Å²) in [6, 6.07) is 14.6. The van der Waals surface area contributed by atoms with E-state index in [9.17, 15) is 4.79 Å². The van der Waals surface area contributed by atoms with Gasteiger partial charge in [-0.3, -0.25) is 9.79 Å². The molecule has 0 aliphatic heterocycles. The Balaban J connectivity index is 2.03. The summed E-state index contributed by atoms with van der Waals surface area (Å²) in [5.41, 5.74) is 3.84. The van der Waals surface area contributed by atoms with E-state index in [4.69, 9.17) is 21.1 Å². The van der Waals surface area contributed by atoms with Gasteiger partial charge in [0.15, 0.2) is 0 Å². The molecule has 0 unspecified atom stereocenters. The SMILES string of the molecule is CCCC/N=C(/C)c1ccc(Cl)cc1-c1cc(=O)n(Cc2ccc(OC)cc2)nc1OC. The lowest BCUT2D eigenvalue weighted by atomic mass is 9.98. The van der Waals surface area contributed by atoms with Crippen molar-refractivity contribution in [3.05, 3.63) is 75.0 Å². The number of nitrogens with zero attached hydrogens (tertiary/aromatic N) is 3. The van der Waals surface area contributed by atoms with Crippen molar-refractivity contribution in [2.75, 3.05) is 20.8 Å². The molecular weight excluding hydrogens is 426 g/mol. The van der Waals surface area contributed by atoms with Crippen LogP contribution in [0.5, 0.6) is 11.6 Å². The van der Waals surface area contributed by atoms with E-state index in [-0.39, 0.29) is 5.56 Å². The first-order valence-electron chi connectivity index (χ1n) is 10.6. The van der Waals surface area contributed by atoms with Gasteiger partial charge in [-0.1, -0.05) is 43.1 Å². The maximum atomic E-state index is 12.9. The van der Waals surface area contributed by atoms with E-state index in [0.717, 1.165) is 47.5 Å². The first kappa shape index (κ1) is 23.5. The largest absolute Gasteiger partial charge is 0.497 e. The van der Waals surface area contributed by atoms with Gasteiger partial charge in [0, 0.05) is 28.9 Å². The first-order valence-corrected chi connectivity index (χ1v) is 10.9. The fourth-order valence-electron chi connectivity index (χ4n) is 3.38. The van der Waals surface area contributed by atoms with Gasteiger partial charge in [0.2, 0.25) is 5.88 Å². The lowest BCUT2D eigenvalue weighted by Crippen LogP contribution is -2.24. The Bertz CT molecular complexity index is 1150. The van der Waals surface area contributed by atoms with E-state index in [2.05, 4.69) is 17.0 Å². The first-order chi connectivity index (χ1) is 15.5. The zero-order valence-electron chi connectivity index (χ0n) is 18.9. The zero-order chi connectivity index (χ0) is 23.1. The van der Waals surface area contributed by atoms with Crippen LogP contribution >= 0.6 is 11.6 Å². The Morgan fingerprint density at radius 2 is 1.81 bits per heavy atom. The molecule has 3 rings (SSSR count). The van der Waals surface area contributed by atoms with Crippen molar-refractivity contribution in [1.29, 1.82) is 0 Å². The van der Waals surface area contributed by atoms with Crippen molar-refractivity contribution in [1.82, 2.24) is 9.78 Å². The molecule has 3 aromatic rings. The van der Waals surface area contributed by atoms with E-state index in [1.165, 1.54) is 4.68 Å². The summed E-state index contributed by atoms with van der Waals surface area (Å²) in [6.07, 6.45) is 2.10. The van der Waals surface area contributed by atoms with Crippen LogP contribution in [0, 0.1) is 0 Å². The lowest BCUT2D eigenvalue weighted by Gasteiger charge is -2.15. The highest BCUT2D eigenvalue weighted by molar-refractivity contribution is 6.31. The Labute approximate surface area is 193 Å². The van der Waals surface area contributed by atoms with Gasteiger partial charge < -0.3 is 9.47 Å². The summed E-state index contributed by atoms with van der Waals surface area (Å²) >= 11 is 6.30. The predicted molar refractivity (Wildman–Crippen MR) is 130 cm³/mol. The predicted octanol–water partition coefficient (Wildman–Crippen LogP) is 5.24. The number of unbranched alkanes of at least 4 members (excludes halogenated alkanes) is 1. The molecule has 0 spiro atoms. The molecule has 6 nitrogen and oxygen atoms in total.